The van der Waals surface area contributed by atoms with Crippen LogP contribution in [0.1, 0.15) is 17.3 Å². The third-order valence-electron chi connectivity index (χ3n) is 3.89. The number of nitrogens with one attached hydrogen (secondary N) is 1. The van der Waals surface area contributed by atoms with Gasteiger partial charge in [0.05, 0.1) is 26.3 Å². The van der Waals surface area contributed by atoms with E-state index in [1.54, 1.807) is 22.8 Å². The van der Waals surface area contributed by atoms with Gasteiger partial charge in [-0.2, -0.15) is 0 Å². The lowest BCUT2D eigenvalue weighted by atomic mass is 10.1. The van der Waals surface area contributed by atoms with E-state index in [0.29, 0.717) is 22.5 Å². The topological polar surface area (TPSA) is 51.1 Å². The van der Waals surface area contributed by atoms with Gasteiger partial charge in [-0.1, -0.05) is 46.4 Å². The van der Waals surface area contributed by atoms with Gasteiger partial charge in [-0.15, -0.1) is 0 Å². The van der Waals surface area contributed by atoms with Gasteiger partial charge in [0.15, 0.2) is 0 Å². The summed E-state index contributed by atoms with van der Waals surface area (Å²) in [5.74, 6) is -0.598. The molecule has 0 aliphatic carbocycles. The summed E-state index contributed by atoms with van der Waals surface area (Å²) in [4.78, 5) is 25.5. The molecule has 0 saturated heterocycles. The van der Waals surface area contributed by atoms with Gasteiger partial charge in [0.2, 0.25) is 5.43 Å². The van der Waals surface area contributed by atoms with E-state index in [1.165, 1.54) is 18.3 Å². The van der Waals surface area contributed by atoms with Crippen LogP contribution in [0.2, 0.25) is 20.1 Å². The molecule has 0 fully saturated rings. The first-order valence-electron chi connectivity index (χ1n) is 7.60. The summed E-state index contributed by atoms with van der Waals surface area (Å²) in [6.45, 7) is 2.49. The van der Waals surface area contributed by atoms with E-state index in [1.807, 2.05) is 6.92 Å². The molecule has 134 valence electrons. The van der Waals surface area contributed by atoms with Crippen molar-refractivity contribution in [3.8, 4) is 0 Å². The zero-order chi connectivity index (χ0) is 19.0. The predicted octanol–water partition coefficient (Wildman–Crippen LogP) is 5.89. The minimum absolute atomic E-state index is 0.0243. The lowest BCUT2D eigenvalue weighted by Gasteiger charge is -2.13. The number of fused-ring (bicyclic) bond motifs is 1. The quantitative estimate of drug-likeness (QED) is 0.528. The van der Waals surface area contributed by atoms with Gasteiger partial charge in [0, 0.05) is 23.2 Å². The summed E-state index contributed by atoms with van der Waals surface area (Å²) in [7, 11) is 0. The largest absolute Gasteiger partial charge is 0.347 e. The van der Waals surface area contributed by atoms with Crippen LogP contribution in [0.15, 0.2) is 41.3 Å². The molecule has 3 aromatic rings. The number of anilines is 1. The molecule has 1 aromatic heterocycles. The number of carbonyl (C=O) groups is 1. The van der Waals surface area contributed by atoms with Crippen LogP contribution in [-0.2, 0) is 6.54 Å². The Hall–Kier alpha value is -1.72. The molecule has 4 nitrogen and oxygen atoms in total. The van der Waals surface area contributed by atoms with Gasteiger partial charge < -0.3 is 9.88 Å². The summed E-state index contributed by atoms with van der Waals surface area (Å²) in [5, 5.41) is 4.11. The number of hydrogen-bond donors (Lipinski definition) is 1. The SMILES string of the molecule is CCn1cc(C(=O)Nc2cc(Cl)c(Cl)cc2Cl)c(=O)c2cc(Cl)ccc21. The van der Waals surface area contributed by atoms with E-state index < -0.39 is 11.3 Å². The molecule has 0 unspecified atom stereocenters. The number of carbonyl (C=O) groups excluding carboxylic acids is 1. The Kier molecular flexibility index (Phi) is 5.49. The molecule has 0 spiro atoms. The lowest BCUT2D eigenvalue weighted by molar-refractivity contribution is 0.102. The van der Waals surface area contributed by atoms with Crippen LogP contribution in [0.3, 0.4) is 0 Å². The van der Waals surface area contributed by atoms with Crippen molar-refractivity contribution in [2.24, 2.45) is 0 Å². The molecular weight excluding hydrogens is 418 g/mol. The molecule has 1 amide bonds. The van der Waals surface area contributed by atoms with Crippen LogP contribution in [0.25, 0.3) is 10.9 Å². The molecule has 1 N–H and O–H groups in total. The van der Waals surface area contributed by atoms with Gasteiger partial charge in [-0.05, 0) is 37.3 Å². The fraction of sp³-hybridized carbons (Fsp3) is 0.111. The second kappa shape index (κ2) is 7.49. The highest BCUT2D eigenvalue weighted by Gasteiger charge is 2.17. The number of aromatic nitrogens is 1. The average Bonchev–Trinajstić information content (AvgIpc) is 2.60. The molecule has 0 aliphatic rings. The third-order valence-corrected chi connectivity index (χ3v) is 5.16. The second-order valence-corrected chi connectivity index (χ2v) is 7.18. The highest BCUT2D eigenvalue weighted by molar-refractivity contribution is 6.44. The first-order valence-corrected chi connectivity index (χ1v) is 9.11. The van der Waals surface area contributed by atoms with Crippen LogP contribution in [0.4, 0.5) is 5.69 Å². The summed E-state index contributed by atoms with van der Waals surface area (Å²) in [6, 6.07) is 7.85. The molecule has 26 heavy (non-hydrogen) atoms. The van der Waals surface area contributed by atoms with Crippen molar-refractivity contribution >= 4 is 68.9 Å². The number of halogens is 4. The molecule has 0 atom stereocenters. The number of amides is 1. The van der Waals surface area contributed by atoms with Gasteiger partial charge in [-0.3, -0.25) is 9.59 Å². The molecule has 8 heteroatoms. The Morgan fingerprint density at radius 2 is 1.73 bits per heavy atom. The molecule has 0 bridgehead atoms. The molecule has 0 aliphatic heterocycles. The highest BCUT2D eigenvalue weighted by atomic mass is 35.5. The first-order chi connectivity index (χ1) is 12.3. The van der Waals surface area contributed by atoms with Gasteiger partial charge >= 0.3 is 0 Å². The number of nitrogens with zero attached hydrogens (tertiary/aromatic N) is 1. The van der Waals surface area contributed by atoms with E-state index in [4.69, 9.17) is 46.4 Å². The van der Waals surface area contributed by atoms with Crippen molar-refractivity contribution in [2.45, 2.75) is 13.5 Å². The Morgan fingerprint density at radius 1 is 1.04 bits per heavy atom. The van der Waals surface area contributed by atoms with E-state index in [2.05, 4.69) is 5.32 Å². The highest BCUT2D eigenvalue weighted by Crippen LogP contribution is 2.32. The van der Waals surface area contributed by atoms with Gasteiger partial charge in [-0.25, -0.2) is 0 Å². The van der Waals surface area contributed by atoms with E-state index >= 15 is 0 Å². The fourth-order valence-electron chi connectivity index (χ4n) is 2.60. The smallest absolute Gasteiger partial charge is 0.261 e. The Morgan fingerprint density at radius 3 is 2.42 bits per heavy atom. The van der Waals surface area contributed by atoms with Crippen molar-refractivity contribution in [2.75, 3.05) is 5.32 Å². The van der Waals surface area contributed by atoms with E-state index in [0.717, 1.165) is 0 Å². The Bertz CT molecular complexity index is 1090. The molecular formula is C18H12Cl4N2O2. The first kappa shape index (κ1) is 19.1. The van der Waals surface area contributed by atoms with Crippen molar-refractivity contribution < 1.29 is 4.79 Å². The van der Waals surface area contributed by atoms with Crippen molar-refractivity contribution in [3.63, 3.8) is 0 Å². The maximum Gasteiger partial charge on any atom is 0.261 e. The van der Waals surface area contributed by atoms with Crippen LogP contribution in [-0.4, -0.2) is 10.5 Å². The summed E-state index contributed by atoms with van der Waals surface area (Å²) in [6.07, 6.45) is 1.51. The van der Waals surface area contributed by atoms with E-state index in [9.17, 15) is 9.59 Å². The molecule has 0 radical (unpaired) electrons. The normalized spacial score (nSPS) is 11.0. The summed E-state index contributed by atoms with van der Waals surface area (Å²) < 4.78 is 1.80. The van der Waals surface area contributed by atoms with Crippen molar-refractivity contribution in [1.82, 2.24) is 4.57 Å². The lowest BCUT2D eigenvalue weighted by Crippen LogP contribution is -2.24. The molecule has 3 rings (SSSR count). The van der Waals surface area contributed by atoms with Crippen LogP contribution in [0.5, 0.6) is 0 Å². The summed E-state index contributed by atoms with van der Waals surface area (Å²) in [5.41, 5.74) is 0.523. The number of rotatable bonds is 3. The number of benzene rings is 2. The minimum atomic E-state index is -0.598. The zero-order valence-electron chi connectivity index (χ0n) is 13.4. The van der Waals surface area contributed by atoms with E-state index in [-0.39, 0.29) is 26.3 Å². The number of pyridine rings is 1. The Labute approximate surface area is 169 Å². The number of hydrogen-bond acceptors (Lipinski definition) is 2. The standard InChI is InChI=1S/C18H12Cl4N2O2/c1-2-24-8-11(17(25)10-5-9(19)3-4-16(10)24)18(26)23-15-7-13(21)12(20)6-14(15)22/h3-8H,2H2,1H3,(H,23,26). The summed E-state index contributed by atoms with van der Waals surface area (Å²) >= 11 is 24.0. The fourth-order valence-corrected chi connectivity index (χ4v) is 3.37. The van der Waals surface area contributed by atoms with Gasteiger partial charge in [0.1, 0.15) is 5.56 Å². The van der Waals surface area contributed by atoms with Crippen LogP contribution in [0, 0.1) is 0 Å². The average molecular weight is 430 g/mol. The van der Waals surface area contributed by atoms with Crippen LogP contribution >= 0.6 is 46.4 Å². The third kappa shape index (κ3) is 3.55. The zero-order valence-corrected chi connectivity index (χ0v) is 16.5. The predicted molar refractivity (Wildman–Crippen MR) is 108 cm³/mol. The van der Waals surface area contributed by atoms with Crippen molar-refractivity contribution in [1.29, 1.82) is 0 Å². The van der Waals surface area contributed by atoms with Crippen LogP contribution < -0.4 is 10.7 Å². The van der Waals surface area contributed by atoms with Gasteiger partial charge in [0.25, 0.3) is 5.91 Å². The maximum absolute atomic E-state index is 12.8. The van der Waals surface area contributed by atoms with Crippen molar-refractivity contribution in [3.05, 3.63) is 72.4 Å². The molecule has 0 saturated carbocycles. The monoisotopic (exact) mass is 428 g/mol. The molecule has 2 aromatic carbocycles. The second-order valence-electron chi connectivity index (χ2n) is 5.52. The number of aryl methyl sites for hydroxylation is 1. The molecule has 1 heterocycles. The minimum Gasteiger partial charge on any atom is -0.347 e. The maximum atomic E-state index is 12.8. The Balaban J connectivity index is 2.10.